The fourth-order valence-electron chi connectivity index (χ4n) is 2.62. The van der Waals surface area contributed by atoms with Gasteiger partial charge in [0.15, 0.2) is 5.78 Å². The standard InChI is InChI=1S/C20H22N4O3/c1-4-5-6-14-7-15(16-9-22-13(3)23-10-16)8-17(19(21)12(2)25)20(14)24-11-18(26)27/h4,7-10,21,24H,1,5-6,11H2,2-3H3,(H,26,27). The van der Waals surface area contributed by atoms with Crippen molar-refractivity contribution in [2.75, 3.05) is 11.9 Å². The highest BCUT2D eigenvalue weighted by Crippen LogP contribution is 2.30. The van der Waals surface area contributed by atoms with Gasteiger partial charge in [-0.2, -0.15) is 0 Å². The second-order valence-electron chi connectivity index (χ2n) is 6.08. The molecule has 0 spiro atoms. The third-order valence-electron chi connectivity index (χ3n) is 3.99. The van der Waals surface area contributed by atoms with Gasteiger partial charge in [0.1, 0.15) is 18.1 Å². The van der Waals surface area contributed by atoms with E-state index in [9.17, 15) is 9.59 Å². The van der Waals surface area contributed by atoms with Gasteiger partial charge in [-0.3, -0.25) is 15.0 Å². The molecular weight excluding hydrogens is 344 g/mol. The minimum Gasteiger partial charge on any atom is -0.480 e. The first-order chi connectivity index (χ1) is 12.8. The van der Waals surface area contributed by atoms with Crippen molar-refractivity contribution in [3.05, 3.63) is 54.1 Å². The molecule has 0 unspecified atom stereocenters. The van der Waals surface area contributed by atoms with Crippen LogP contribution >= 0.6 is 0 Å². The molecule has 0 radical (unpaired) electrons. The Bertz CT molecular complexity index is 889. The van der Waals surface area contributed by atoms with Crippen LogP contribution in [0.3, 0.4) is 0 Å². The Labute approximate surface area is 157 Å². The molecule has 0 bridgehead atoms. The summed E-state index contributed by atoms with van der Waals surface area (Å²) in [4.78, 5) is 31.3. The van der Waals surface area contributed by atoms with Gasteiger partial charge in [0, 0.05) is 36.1 Å². The maximum absolute atomic E-state index is 11.8. The molecule has 27 heavy (non-hydrogen) atoms. The highest BCUT2D eigenvalue weighted by Gasteiger charge is 2.18. The fraction of sp³-hybridized carbons (Fsp3) is 0.250. The normalized spacial score (nSPS) is 10.3. The van der Waals surface area contributed by atoms with E-state index in [1.54, 1.807) is 31.5 Å². The van der Waals surface area contributed by atoms with Gasteiger partial charge in [-0.25, -0.2) is 9.97 Å². The first-order valence-electron chi connectivity index (χ1n) is 8.45. The fourth-order valence-corrected chi connectivity index (χ4v) is 2.62. The van der Waals surface area contributed by atoms with E-state index in [1.165, 1.54) is 6.92 Å². The van der Waals surface area contributed by atoms with E-state index in [-0.39, 0.29) is 12.3 Å². The van der Waals surface area contributed by atoms with Crippen molar-refractivity contribution in [3.63, 3.8) is 0 Å². The molecule has 1 aromatic heterocycles. The molecule has 7 heteroatoms. The summed E-state index contributed by atoms with van der Waals surface area (Å²) in [5, 5.41) is 20.1. The van der Waals surface area contributed by atoms with E-state index < -0.39 is 11.8 Å². The minimum atomic E-state index is -1.03. The van der Waals surface area contributed by atoms with Crippen LogP contribution in [0.2, 0.25) is 0 Å². The molecule has 3 N–H and O–H groups in total. The largest absolute Gasteiger partial charge is 0.480 e. The summed E-state index contributed by atoms with van der Waals surface area (Å²) in [6, 6.07) is 3.60. The summed E-state index contributed by atoms with van der Waals surface area (Å²) in [6.07, 6.45) is 6.38. The van der Waals surface area contributed by atoms with Gasteiger partial charge in [0.2, 0.25) is 0 Å². The van der Waals surface area contributed by atoms with Gasteiger partial charge in [-0.1, -0.05) is 6.08 Å². The molecule has 2 aromatic rings. The molecule has 7 nitrogen and oxygen atoms in total. The Balaban J connectivity index is 2.65. The number of hydrogen-bond acceptors (Lipinski definition) is 6. The van der Waals surface area contributed by atoms with Crippen LogP contribution in [0.4, 0.5) is 5.69 Å². The number of ketones is 1. The Morgan fingerprint density at radius 3 is 2.48 bits per heavy atom. The van der Waals surface area contributed by atoms with Crippen molar-refractivity contribution in [3.8, 4) is 11.1 Å². The predicted octanol–water partition coefficient (Wildman–Crippen LogP) is 3.02. The Kier molecular flexibility index (Phi) is 6.54. The quantitative estimate of drug-likeness (QED) is 0.464. The van der Waals surface area contributed by atoms with Crippen LogP contribution in [-0.4, -0.2) is 39.1 Å². The van der Waals surface area contributed by atoms with E-state index in [1.807, 2.05) is 6.07 Å². The van der Waals surface area contributed by atoms with Crippen molar-refractivity contribution < 1.29 is 14.7 Å². The second kappa shape index (κ2) is 8.84. The molecule has 0 aliphatic carbocycles. The first-order valence-corrected chi connectivity index (χ1v) is 8.45. The zero-order valence-corrected chi connectivity index (χ0v) is 15.4. The Morgan fingerprint density at radius 1 is 1.26 bits per heavy atom. The summed E-state index contributed by atoms with van der Waals surface area (Å²) < 4.78 is 0. The average Bonchev–Trinajstić information content (AvgIpc) is 2.64. The molecule has 1 heterocycles. The van der Waals surface area contributed by atoms with Crippen LogP contribution < -0.4 is 5.32 Å². The van der Waals surface area contributed by atoms with Crippen LogP contribution in [0.15, 0.2) is 37.2 Å². The second-order valence-corrected chi connectivity index (χ2v) is 6.08. The Morgan fingerprint density at radius 2 is 1.93 bits per heavy atom. The number of hydrogen-bond donors (Lipinski definition) is 3. The van der Waals surface area contributed by atoms with Gasteiger partial charge < -0.3 is 10.4 Å². The van der Waals surface area contributed by atoms with Gasteiger partial charge in [0.05, 0.1) is 0 Å². The maximum atomic E-state index is 11.8. The lowest BCUT2D eigenvalue weighted by atomic mass is 9.93. The van der Waals surface area contributed by atoms with Crippen LogP contribution in [0.5, 0.6) is 0 Å². The van der Waals surface area contributed by atoms with Crippen molar-refractivity contribution in [2.45, 2.75) is 26.7 Å². The Hall–Kier alpha value is -3.35. The van der Waals surface area contributed by atoms with Crippen molar-refractivity contribution in [2.24, 2.45) is 0 Å². The highest BCUT2D eigenvalue weighted by molar-refractivity contribution is 6.45. The van der Waals surface area contributed by atoms with Crippen molar-refractivity contribution >= 4 is 23.2 Å². The summed E-state index contributed by atoms with van der Waals surface area (Å²) in [5.41, 5.74) is 2.98. The minimum absolute atomic E-state index is 0.183. The monoisotopic (exact) mass is 366 g/mol. The maximum Gasteiger partial charge on any atom is 0.322 e. The number of carbonyl (C=O) groups excluding carboxylic acids is 1. The number of anilines is 1. The topological polar surface area (TPSA) is 116 Å². The molecule has 0 fully saturated rings. The van der Waals surface area contributed by atoms with Crippen LogP contribution in [-0.2, 0) is 16.0 Å². The highest BCUT2D eigenvalue weighted by atomic mass is 16.4. The summed E-state index contributed by atoms with van der Waals surface area (Å²) in [7, 11) is 0. The zero-order chi connectivity index (χ0) is 20.0. The lowest BCUT2D eigenvalue weighted by Crippen LogP contribution is -2.19. The first kappa shape index (κ1) is 20.0. The number of carbonyl (C=O) groups is 2. The smallest absolute Gasteiger partial charge is 0.322 e. The lowest BCUT2D eigenvalue weighted by molar-refractivity contribution is -0.134. The number of aryl methyl sites for hydroxylation is 2. The zero-order valence-electron chi connectivity index (χ0n) is 15.4. The number of aromatic nitrogens is 2. The van der Waals surface area contributed by atoms with E-state index in [0.29, 0.717) is 29.9 Å². The molecule has 0 amide bonds. The molecular formula is C20H22N4O3. The molecule has 1 aromatic carbocycles. The van der Waals surface area contributed by atoms with Gasteiger partial charge >= 0.3 is 5.97 Å². The number of allylic oxidation sites excluding steroid dienone is 1. The van der Waals surface area contributed by atoms with Crippen LogP contribution in [0.1, 0.15) is 30.3 Å². The molecule has 0 atom stereocenters. The number of carboxylic acid groups (broad SMARTS) is 1. The van der Waals surface area contributed by atoms with Crippen LogP contribution in [0.25, 0.3) is 11.1 Å². The number of nitrogens with zero attached hydrogens (tertiary/aromatic N) is 2. The molecule has 0 aliphatic heterocycles. The molecule has 0 aliphatic rings. The number of carboxylic acids is 1. The van der Waals surface area contributed by atoms with Crippen molar-refractivity contribution in [1.29, 1.82) is 5.41 Å². The van der Waals surface area contributed by atoms with E-state index >= 15 is 0 Å². The van der Waals surface area contributed by atoms with Crippen molar-refractivity contribution in [1.82, 2.24) is 9.97 Å². The molecule has 140 valence electrons. The van der Waals surface area contributed by atoms with Gasteiger partial charge in [0.25, 0.3) is 0 Å². The number of Topliss-reactive ketones (excluding diaryl/α,β-unsaturated/α-hetero) is 1. The van der Waals surface area contributed by atoms with Gasteiger partial charge in [-0.05, 0) is 43.0 Å². The molecule has 2 rings (SSSR count). The third kappa shape index (κ3) is 5.07. The lowest BCUT2D eigenvalue weighted by Gasteiger charge is -2.18. The van der Waals surface area contributed by atoms with Gasteiger partial charge in [-0.15, -0.1) is 6.58 Å². The van der Waals surface area contributed by atoms with Crippen LogP contribution in [0, 0.1) is 12.3 Å². The van der Waals surface area contributed by atoms with E-state index in [4.69, 9.17) is 10.5 Å². The molecule has 0 saturated heterocycles. The number of rotatable bonds is 9. The SMILES string of the molecule is C=CCCc1cc(-c2cnc(C)nc2)cc(C(=N)C(C)=O)c1NCC(=O)O. The summed E-state index contributed by atoms with van der Waals surface area (Å²) >= 11 is 0. The number of aliphatic carboxylic acids is 1. The van der Waals surface area contributed by atoms with E-state index in [0.717, 1.165) is 16.7 Å². The van der Waals surface area contributed by atoms with E-state index in [2.05, 4.69) is 21.9 Å². The number of benzene rings is 1. The predicted molar refractivity (Wildman–Crippen MR) is 104 cm³/mol. The third-order valence-corrected chi connectivity index (χ3v) is 3.99. The summed E-state index contributed by atoms with van der Waals surface area (Å²) in [6.45, 7) is 6.51. The molecule has 0 saturated carbocycles. The average molecular weight is 366 g/mol. The summed E-state index contributed by atoms with van der Waals surface area (Å²) in [5.74, 6) is -0.789. The number of nitrogens with one attached hydrogen (secondary N) is 2.